The first-order valence-corrected chi connectivity index (χ1v) is 22.3. The van der Waals surface area contributed by atoms with Crippen LogP contribution in [0.4, 0.5) is 34.3 Å². The van der Waals surface area contributed by atoms with Crippen molar-refractivity contribution in [3.05, 3.63) is 224 Å². The van der Waals surface area contributed by atoms with Crippen LogP contribution in [-0.2, 0) is 0 Å². The third kappa shape index (κ3) is 5.97. The number of anilines is 6. The van der Waals surface area contributed by atoms with E-state index in [4.69, 9.17) is 4.42 Å². The van der Waals surface area contributed by atoms with Crippen LogP contribution >= 0.6 is 0 Å². The molecule has 11 aromatic rings. The quantitative estimate of drug-likeness (QED) is 0.150. The van der Waals surface area contributed by atoms with Gasteiger partial charge in [-0.2, -0.15) is 0 Å². The Morgan fingerprint density at radius 1 is 0.393 bits per heavy atom. The third-order valence-electron chi connectivity index (χ3n) is 12.1. The highest BCUT2D eigenvalue weighted by atomic mass is 28.2. The summed E-state index contributed by atoms with van der Waals surface area (Å²) in [6.45, 7) is 0. The van der Waals surface area contributed by atoms with Crippen molar-refractivity contribution in [2.45, 2.75) is 0 Å². The fraction of sp³-hybridized carbons (Fsp3) is 0. The molecular formula is C56H39N3OSi. The molecule has 288 valence electrons. The lowest BCUT2D eigenvalue weighted by Crippen LogP contribution is -2.40. The summed E-state index contributed by atoms with van der Waals surface area (Å²) in [4.78, 5) is 4.85. The molecule has 0 N–H and O–H groups in total. The molecule has 0 spiro atoms. The molecule has 0 unspecified atom stereocenters. The average molecular weight is 798 g/mol. The van der Waals surface area contributed by atoms with E-state index in [1.165, 1.54) is 60.7 Å². The summed E-state index contributed by atoms with van der Waals surface area (Å²) in [6.07, 6.45) is 0. The van der Waals surface area contributed by atoms with E-state index in [0.717, 1.165) is 44.7 Å². The van der Waals surface area contributed by atoms with Crippen molar-refractivity contribution in [3.63, 3.8) is 0 Å². The van der Waals surface area contributed by atoms with Crippen molar-refractivity contribution >= 4 is 87.0 Å². The molecule has 9 aromatic carbocycles. The van der Waals surface area contributed by atoms with Gasteiger partial charge in [-0.05, 0) is 111 Å². The van der Waals surface area contributed by atoms with Crippen LogP contribution in [-0.4, -0.2) is 14.1 Å². The van der Waals surface area contributed by atoms with Crippen molar-refractivity contribution in [1.82, 2.24) is 4.57 Å². The number of nitrogens with zero attached hydrogens (tertiary/aromatic N) is 3. The minimum absolute atomic E-state index is 0.870. The van der Waals surface area contributed by atoms with Crippen molar-refractivity contribution in [2.24, 2.45) is 0 Å². The Balaban J connectivity index is 1.00. The highest BCUT2D eigenvalue weighted by Crippen LogP contribution is 2.43. The smallest absolute Gasteiger partial charge is 0.137 e. The molecule has 0 fully saturated rings. The van der Waals surface area contributed by atoms with E-state index >= 15 is 0 Å². The van der Waals surface area contributed by atoms with Gasteiger partial charge >= 0.3 is 0 Å². The first kappa shape index (κ1) is 35.1. The lowest BCUT2D eigenvalue weighted by molar-refractivity contribution is 0.669. The molecule has 61 heavy (non-hydrogen) atoms. The molecule has 0 amide bonds. The normalized spacial score (nSPS) is 12.6. The molecule has 0 saturated carbocycles. The molecule has 0 radical (unpaired) electrons. The maximum absolute atomic E-state index is 6.44. The Labute approximate surface area is 356 Å². The van der Waals surface area contributed by atoms with Crippen LogP contribution in [0, 0.1) is 0 Å². The highest BCUT2D eigenvalue weighted by Gasteiger charge is 2.31. The van der Waals surface area contributed by atoms with E-state index in [1.807, 2.05) is 12.1 Å². The summed E-state index contributed by atoms with van der Waals surface area (Å²) in [6, 6.07) is 81.0. The fourth-order valence-corrected chi connectivity index (χ4v) is 11.5. The third-order valence-corrected chi connectivity index (χ3v) is 14.1. The number of rotatable bonds is 7. The molecule has 1 aliphatic heterocycles. The van der Waals surface area contributed by atoms with E-state index in [9.17, 15) is 0 Å². The summed E-state index contributed by atoms with van der Waals surface area (Å²) >= 11 is 0. The Hall–Kier alpha value is -7.86. The summed E-state index contributed by atoms with van der Waals surface area (Å²) < 4.78 is 8.91. The maximum Gasteiger partial charge on any atom is 0.137 e. The predicted octanol–water partition coefficient (Wildman–Crippen LogP) is 13.2. The molecule has 0 bridgehead atoms. The van der Waals surface area contributed by atoms with Gasteiger partial charge in [-0.1, -0.05) is 140 Å². The lowest BCUT2D eigenvalue weighted by Gasteiger charge is -2.33. The number of hydrogen-bond acceptors (Lipinski definition) is 3. The molecule has 2 aromatic heterocycles. The minimum Gasteiger partial charge on any atom is -0.456 e. The second-order valence-electron chi connectivity index (χ2n) is 15.8. The number of furan rings is 1. The highest BCUT2D eigenvalue weighted by molar-refractivity contribution is 6.74. The van der Waals surface area contributed by atoms with Gasteiger partial charge in [-0.25, -0.2) is 0 Å². The zero-order valence-electron chi connectivity index (χ0n) is 33.3. The van der Waals surface area contributed by atoms with Gasteiger partial charge < -0.3 is 9.32 Å². The summed E-state index contributed by atoms with van der Waals surface area (Å²) in [5.41, 5.74) is 14.5. The molecule has 4 nitrogen and oxygen atoms in total. The Morgan fingerprint density at radius 3 is 1.72 bits per heavy atom. The fourth-order valence-electron chi connectivity index (χ4n) is 9.39. The SMILES string of the molecule is c1ccc(-c2cccc(N(c3cccc(-c4ccc5c(c4)[SiH2]c4c(n(-c6ccccc6)c6ccccc46)N5c4ccccc4)c3)c3ccc4c(c3)oc3ccccc34)c2)cc1. The number of aromatic nitrogens is 1. The van der Waals surface area contributed by atoms with E-state index in [2.05, 4.69) is 227 Å². The standard InChI is InChI=1S/C56H39N3OSi/c1-4-16-38(17-5-1)39-18-14-24-44(34-39)57(46-31-32-48-47-26-11-13-29-52(47)60-53(48)37-46)45-25-15-19-40(35-45)41-30-33-51-54(36-41)61-55-49-27-10-12-28-50(49)58(42-20-6-2-7-21-42)56(55)59(51)43-22-8-3-9-23-43/h1-37H,61H2. The molecule has 5 heteroatoms. The van der Waals surface area contributed by atoms with Gasteiger partial charge in [-0.3, -0.25) is 9.47 Å². The van der Waals surface area contributed by atoms with Crippen LogP contribution in [0.2, 0.25) is 0 Å². The Bertz CT molecular complexity index is 3410. The van der Waals surface area contributed by atoms with Crippen LogP contribution in [0.15, 0.2) is 229 Å². The Morgan fingerprint density at radius 2 is 0.967 bits per heavy atom. The van der Waals surface area contributed by atoms with Crippen LogP contribution in [0.1, 0.15) is 0 Å². The molecule has 0 saturated heterocycles. The monoisotopic (exact) mass is 797 g/mol. The van der Waals surface area contributed by atoms with Gasteiger partial charge in [0, 0.05) is 56.3 Å². The lowest BCUT2D eigenvalue weighted by atomic mass is 10.0. The largest absolute Gasteiger partial charge is 0.456 e. The van der Waals surface area contributed by atoms with E-state index < -0.39 is 9.52 Å². The Kier molecular flexibility index (Phi) is 8.32. The zero-order valence-corrected chi connectivity index (χ0v) is 34.7. The molecule has 0 aliphatic carbocycles. The van der Waals surface area contributed by atoms with Crippen molar-refractivity contribution in [1.29, 1.82) is 0 Å². The topological polar surface area (TPSA) is 24.6 Å². The second-order valence-corrected chi connectivity index (χ2v) is 17.6. The number of para-hydroxylation sites is 4. The summed E-state index contributed by atoms with van der Waals surface area (Å²) in [5.74, 6) is 1.25. The van der Waals surface area contributed by atoms with E-state index in [1.54, 1.807) is 0 Å². The van der Waals surface area contributed by atoms with Gasteiger partial charge in [0.05, 0.1) is 15.0 Å². The van der Waals surface area contributed by atoms with Gasteiger partial charge in [-0.15, -0.1) is 0 Å². The number of fused-ring (bicyclic) bond motifs is 7. The second kappa shape index (κ2) is 14.4. The summed E-state index contributed by atoms with van der Waals surface area (Å²) in [7, 11) is -0.917. The maximum atomic E-state index is 6.44. The van der Waals surface area contributed by atoms with Crippen molar-refractivity contribution < 1.29 is 4.42 Å². The van der Waals surface area contributed by atoms with Gasteiger partial charge in [0.25, 0.3) is 0 Å². The first-order chi connectivity index (χ1) is 30.2. The summed E-state index contributed by atoms with van der Waals surface area (Å²) in [5, 5.41) is 6.47. The predicted molar refractivity (Wildman–Crippen MR) is 259 cm³/mol. The molecule has 0 atom stereocenters. The number of benzene rings is 9. The first-order valence-electron chi connectivity index (χ1n) is 20.9. The van der Waals surface area contributed by atoms with Gasteiger partial charge in [0.2, 0.25) is 0 Å². The van der Waals surface area contributed by atoms with Gasteiger partial charge in [0.1, 0.15) is 17.0 Å². The van der Waals surface area contributed by atoms with E-state index in [-0.39, 0.29) is 0 Å². The number of hydrogen-bond donors (Lipinski definition) is 0. The van der Waals surface area contributed by atoms with Crippen LogP contribution in [0.5, 0.6) is 0 Å². The average Bonchev–Trinajstić information content (AvgIpc) is 3.87. The zero-order chi connectivity index (χ0) is 40.3. The van der Waals surface area contributed by atoms with Crippen LogP contribution in [0.3, 0.4) is 0 Å². The van der Waals surface area contributed by atoms with Gasteiger partial charge in [0.15, 0.2) is 0 Å². The molecule has 3 heterocycles. The molecule has 12 rings (SSSR count). The molecular weight excluding hydrogens is 759 g/mol. The van der Waals surface area contributed by atoms with Crippen LogP contribution in [0.25, 0.3) is 60.8 Å². The molecule has 1 aliphatic rings. The van der Waals surface area contributed by atoms with Crippen LogP contribution < -0.4 is 20.2 Å². The minimum atomic E-state index is -0.917. The van der Waals surface area contributed by atoms with Crippen molar-refractivity contribution in [2.75, 3.05) is 9.80 Å². The van der Waals surface area contributed by atoms with E-state index in [0.29, 0.717) is 0 Å². The van der Waals surface area contributed by atoms with Crippen molar-refractivity contribution in [3.8, 4) is 27.9 Å².